The van der Waals surface area contributed by atoms with Crippen molar-refractivity contribution in [1.29, 1.82) is 0 Å². The first-order valence-corrected chi connectivity index (χ1v) is 8.40. The Balaban J connectivity index is 0.000000677. The average molecular weight is 298 g/mol. The number of hydrogen-bond acceptors (Lipinski definition) is 3. The first-order chi connectivity index (χ1) is 9.75. The van der Waals surface area contributed by atoms with Crippen LogP contribution in [0.3, 0.4) is 0 Å². The second-order valence-electron chi connectivity index (χ2n) is 7.57. The van der Waals surface area contributed by atoms with Gasteiger partial charge in [-0.25, -0.2) is 4.79 Å². The Labute approximate surface area is 130 Å². The van der Waals surface area contributed by atoms with Gasteiger partial charge < -0.3 is 15.0 Å². The molecule has 124 valence electrons. The van der Waals surface area contributed by atoms with Crippen molar-refractivity contribution in [1.82, 2.24) is 10.2 Å². The number of likely N-dealkylation sites (tertiary alicyclic amines) is 1. The van der Waals surface area contributed by atoms with E-state index in [1.165, 1.54) is 19.3 Å². The van der Waals surface area contributed by atoms with E-state index in [-0.39, 0.29) is 11.7 Å². The van der Waals surface area contributed by atoms with Crippen LogP contribution >= 0.6 is 0 Å². The molecule has 1 aliphatic heterocycles. The van der Waals surface area contributed by atoms with Crippen molar-refractivity contribution in [3.63, 3.8) is 0 Å². The molecule has 0 unspecified atom stereocenters. The first kappa shape index (κ1) is 18.3. The lowest BCUT2D eigenvalue weighted by atomic mass is 9.60. The molecule has 0 radical (unpaired) electrons. The molecule has 1 aliphatic carbocycles. The summed E-state index contributed by atoms with van der Waals surface area (Å²) >= 11 is 0. The van der Waals surface area contributed by atoms with Crippen molar-refractivity contribution in [3.8, 4) is 0 Å². The van der Waals surface area contributed by atoms with Gasteiger partial charge >= 0.3 is 6.09 Å². The number of hydrogen-bond donors (Lipinski definition) is 1. The Morgan fingerprint density at radius 1 is 1.24 bits per heavy atom. The third-order valence-electron chi connectivity index (χ3n) is 4.24. The summed E-state index contributed by atoms with van der Waals surface area (Å²) in [7, 11) is 2.04. The van der Waals surface area contributed by atoms with E-state index >= 15 is 0 Å². The molecule has 2 aliphatic rings. The molecule has 4 heteroatoms. The van der Waals surface area contributed by atoms with Gasteiger partial charge in [0.1, 0.15) is 5.60 Å². The predicted octanol–water partition coefficient (Wildman–Crippen LogP) is 3.80. The lowest BCUT2D eigenvalue weighted by molar-refractivity contribution is -0.0150. The topological polar surface area (TPSA) is 41.6 Å². The van der Waals surface area contributed by atoms with Crippen molar-refractivity contribution >= 4 is 6.09 Å². The minimum absolute atomic E-state index is 0.151. The molecule has 0 aromatic carbocycles. The van der Waals surface area contributed by atoms with Crippen molar-refractivity contribution in [2.45, 2.75) is 78.4 Å². The second kappa shape index (κ2) is 7.48. The van der Waals surface area contributed by atoms with Gasteiger partial charge in [-0.2, -0.15) is 0 Å². The van der Waals surface area contributed by atoms with E-state index < -0.39 is 0 Å². The van der Waals surface area contributed by atoms with Crippen LogP contribution in [0.15, 0.2) is 0 Å². The average Bonchev–Trinajstić information content (AvgIpc) is 2.35. The normalized spacial score (nSPS) is 21.3. The number of rotatable bonds is 1. The first-order valence-electron chi connectivity index (χ1n) is 8.40. The highest BCUT2D eigenvalue weighted by atomic mass is 16.6. The van der Waals surface area contributed by atoms with Gasteiger partial charge in [0.05, 0.1) is 0 Å². The van der Waals surface area contributed by atoms with Crippen LogP contribution in [0.4, 0.5) is 4.79 Å². The lowest BCUT2D eigenvalue weighted by Gasteiger charge is -2.52. The fraction of sp³-hybridized carbons (Fsp3) is 0.941. The number of ether oxygens (including phenoxy) is 1. The molecule has 0 aromatic heterocycles. The zero-order chi connectivity index (χ0) is 16.1. The third-order valence-corrected chi connectivity index (χ3v) is 4.24. The predicted molar refractivity (Wildman–Crippen MR) is 87.5 cm³/mol. The van der Waals surface area contributed by atoms with Gasteiger partial charge in [-0.05, 0) is 58.9 Å². The zero-order valence-corrected chi connectivity index (χ0v) is 14.8. The second-order valence-corrected chi connectivity index (χ2v) is 7.57. The van der Waals surface area contributed by atoms with E-state index in [1.807, 2.05) is 32.7 Å². The quantitative estimate of drug-likeness (QED) is 0.800. The molecular formula is C17H34N2O2. The number of piperidine rings is 1. The van der Waals surface area contributed by atoms with Crippen molar-refractivity contribution < 1.29 is 9.53 Å². The third kappa shape index (κ3) is 5.50. The Hall–Kier alpha value is -0.770. The van der Waals surface area contributed by atoms with E-state index in [9.17, 15) is 4.79 Å². The summed E-state index contributed by atoms with van der Waals surface area (Å²) < 4.78 is 5.41. The number of amides is 1. The van der Waals surface area contributed by atoms with Crippen LogP contribution in [-0.4, -0.2) is 42.8 Å². The smallest absolute Gasteiger partial charge is 0.410 e. The SMILES string of the molecule is CCC.CNC1CC2(CCN(C(=O)OC(C)(C)C)CC2)C1. The number of carbonyl (C=O) groups is 1. The Kier molecular flexibility index (Phi) is 6.51. The van der Waals surface area contributed by atoms with Crippen LogP contribution < -0.4 is 5.32 Å². The highest BCUT2D eigenvalue weighted by Crippen LogP contribution is 2.48. The van der Waals surface area contributed by atoms with Crippen LogP contribution in [0.2, 0.25) is 0 Å². The number of nitrogens with one attached hydrogen (secondary N) is 1. The number of nitrogens with zero attached hydrogens (tertiary/aromatic N) is 1. The summed E-state index contributed by atoms with van der Waals surface area (Å²) in [5.74, 6) is 0. The van der Waals surface area contributed by atoms with E-state index in [2.05, 4.69) is 19.2 Å². The van der Waals surface area contributed by atoms with Gasteiger partial charge in [0.25, 0.3) is 0 Å². The maximum atomic E-state index is 11.9. The summed E-state index contributed by atoms with van der Waals surface area (Å²) in [5, 5.41) is 3.33. The molecule has 1 spiro atoms. The van der Waals surface area contributed by atoms with Crippen LogP contribution in [0.5, 0.6) is 0 Å². The fourth-order valence-corrected chi connectivity index (χ4v) is 3.09. The number of carbonyl (C=O) groups excluding carboxylic acids is 1. The van der Waals surface area contributed by atoms with E-state index in [0.29, 0.717) is 11.5 Å². The van der Waals surface area contributed by atoms with Gasteiger partial charge in [0, 0.05) is 19.1 Å². The molecule has 0 aromatic rings. The van der Waals surface area contributed by atoms with E-state index in [0.717, 1.165) is 25.9 Å². The summed E-state index contributed by atoms with van der Waals surface area (Å²) in [6, 6.07) is 0.693. The van der Waals surface area contributed by atoms with Crippen molar-refractivity contribution in [2.24, 2.45) is 5.41 Å². The Bertz CT molecular complexity index is 320. The summed E-state index contributed by atoms with van der Waals surface area (Å²) in [5.41, 5.74) is 0.117. The highest BCUT2D eigenvalue weighted by Gasteiger charge is 2.46. The largest absolute Gasteiger partial charge is 0.444 e. The summed E-state index contributed by atoms with van der Waals surface area (Å²) in [4.78, 5) is 13.8. The molecule has 1 N–H and O–H groups in total. The van der Waals surface area contributed by atoms with E-state index in [1.54, 1.807) is 0 Å². The molecule has 0 atom stereocenters. The van der Waals surface area contributed by atoms with Gasteiger partial charge in [0.15, 0.2) is 0 Å². The summed E-state index contributed by atoms with van der Waals surface area (Å²) in [6.45, 7) is 11.7. The minimum Gasteiger partial charge on any atom is -0.444 e. The van der Waals surface area contributed by atoms with Gasteiger partial charge in [-0.3, -0.25) is 0 Å². The zero-order valence-electron chi connectivity index (χ0n) is 14.8. The molecule has 2 rings (SSSR count). The maximum absolute atomic E-state index is 11.9. The summed E-state index contributed by atoms with van der Waals surface area (Å²) in [6.07, 6.45) is 5.90. The molecule has 1 saturated carbocycles. The standard InChI is InChI=1S/C14H26N2O2.C3H8/c1-13(2,3)18-12(17)16-7-5-14(6-8-16)9-11(10-14)15-4;1-3-2/h11,15H,5-10H2,1-4H3;3H2,1-2H3. The van der Waals surface area contributed by atoms with Gasteiger partial charge in [0.2, 0.25) is 0 Å². The molecule has 1 heterocycles. The highest BCUT2D eigenvalue weighted by molar-refractivity contribution is 5.68. The Morgan fingerprint density at radius 2 is 1.71 bits per heavy atom. The van der Waals surface area contributed by atoms with Crippen LogP contribution in [0.25, 0.3) is 0 Å². The van der Waals surface area contributed by atoms with Gasteiger partial charge in [-0.15, -0.1) is 0 Å². The lowest BCUT2D eigenvalue weighted by Crippen LogP contribution is -2.54. The van der Waals surface area contributed by atoms with Gasteiger partial charge in [-0.1, -0.05) is 20.3 Å². The van der Waals surface area contributed by atoms with Crippen LogP contribution in [0, 0.1) is 5.41 Å². The monoisotopic (exact) mass is 298 g/mol. The molecule has 4 nitrogen and oxygen atoms in total. The van der Waals surface area contributed by atoms with Crippen LogP contribution in [0.1, 0.15) is 66.7 Å². The minimum atomic E-state index is -0.389. The Morgan fingerprint density at radius 3 is 2.10 bits per heavy atom. The molecule has 1 amide bonds. The molecule has 2 fully saturated rings. The fourth-order valence-electron chi connectivity index (χ4n) is 3.09. The van der Waals surface area contributed by atoms with Crippen molar-refractivity contribution in [3.05, 3.63) is 0 Å². The molecule has 21 heavy (non-hydrogen) atoms. The van der Waals surface area contributed by atoms with Crippen molar-refractivity contribution in [2.75, 3.05) is 20.1 Å². The molecule has 1 saturated heterocycles. The molecular weight excluding hydrogens is 264 g/mol. The maximum Gasteiger partial charge on any atom is 0.410 e. The van der Waals surface area contributed by atoms with Crippen LogP contribution in [-0.2, 0) is 4.74 Å². The molecule has 0 bridgehead atoms. The van der Waals surface area contributed by atoms with E-state index in [4.69, 9.17) is 4.74 Å².